The van der Waals surface area contributed by atoms with Crippen molar-refractivity contribution in [3.63, 3.8) is 0 Å². The molecule has 8 N–H and O–H groups in total. The zero-order valence-corrected chi connectivity index (χ0v) is 33.8. The van der Waals surface area contributed by atoms with Crippen LogP contribution in [0.3, 0.4) is 0 Å². The molecule has 1 spiro atoms. The molecule has 57 heavy (non-hydrogen) atoms. The lowest BCUT2D eigenvalue weighted by molar-refractivity contribution is -0.189. The van der Waals surface area contributed by atoms with E-state index >= 15 is 0 Å². The molecular weight excluding hydrogens is 743 g/mol. The second kappa shape index (κ2) is 18.0. The van der Waals surface area contributed by atoms with Gasteiger partial charge in [0, 0.05) is 38.1 Å². The van der Waals surface area contributed by atoms with E-state index in [0.717, 1.165) is 81.0 Å². The van der Waals surface area contributed by atoms with E-state index in [1.165, 1.54) is 36.2 Å². The molecule has 3 bridgehead atoms. The Morgan fingerprint density at radius 3 is 1.82 bits per heavy atom. The van der Waals surface area contributed by atoms with Crippen molar-refractivity contribution in [2.45, 2.75) is 96.3 Å². The highest BCUT2D eigenvalue weighted by atomic mass is 32.2. The summed E-state index contributed by atoms with van der Waals surface area (Å²) in [4.78, 5) is 37.4. The minimum Gasteiger partial charge on any atom is -0.508 e. The van der Waals surface area contributed by atoms with Gasteiger partial charge in [-0.2, -0.15) is 0 Å². The van der Waals surface area contributed by atoms with Crippen molar-refractivity contribution in [2.24, 2.45) is 27.6 Å². The molecule has 0 heterocycles. The first-order chi connectivity index (χ1) is 27.3. The minimum absolute atomic E-state index is 0.0283. The predicted molar refractivity (Wildman–Crippen MR) is 221 cm³/mol. The lowest BCUT2D eigenvalue weighted by Crippen LogP contribution is -2.60. The number of nitrogens with one attached hydrogen (secondary N) is 3. The Bertz CT molecular complexity index is 1890. The highest BCUT2D eigenvalue weighted by Crippen LogP contribution is 2.91. The van der Waals surface area contributed by atoms with Crippen LogP contribution in [0, 0.1) is 27.6 Å². The molecule has 0 aromatic heterocycles. The van der Waals surface area contributed by atoms with Gasteiger partial charge < -0.3 is 41.0 Å². The number of benzene rings is 3. The Labute approximate surface area is 340 Å². The normalized spacial score (nSPS) is 26.2. The lowest BCUT2D eigenvalue weighted by Gasteiger charge is -2.67. The van der Waals surface area contributed by atoms with Crippen LogP contribution in [-0.4, -0.2) is 69.5 Å². The summed E-state index contributed by atoms with van der Waals surface area (Å²) in [5.74, 6) is 1.44. The van der Waals surface area contributed by atoms with Gasteiger partial charge in [0.05, 0.1) is 0 Å². The van der Waals surface area contributed by atoms with Gasteiger partial charge in [-0.25, -0.2) is 0 Å². The Morgan fingerprint density at radius 2 is 1.26 bits per heavy atom. The van der Waals surface area contributed by atoms with Crippen LogP contribution in [-0.2, 0) is 33.6 Å². The van der Waals surface area contributed by atoms with Crippen LogP contribution < -0.4 is 15.4 Å². The van der Waals surface area contributed by atoms with E-state index in [0.29, 0.717) is 56.9 Å². The quantitative estimate of drug-likeness (QED) is 0.0277. The molecule has 4 aliphatic rings. The largest absolute Gasteiger partial charge is 0.508 e. The molecule has 5 unspecified atom stereocenters. The van der Waals surface area contributed by atoms with Gasteiger partial charge in [-0.05, 0) is 165 Å². The summed E-state index contributed by atoms with van der Waals surface area (Å²) in [6.07, 6.45) is 14.1. The van der Waals surface area contributed by atoms with Crippen molar-refractivity contribution in [3.8, 4) is 28.7 Å². The van der Waals surface area contributed by atoms with Crippen LogP contribution in [0.1, 0.15) is 93.7 Å². The first-order valence-electron chi connectivity index (χ1n) is 20.4. The molecule has 3 aromatic rings. The standard InChI is InChI=1S/C36H46N2O7.C9H13NOS/c39-15-1-10-33-18-26-19-34(11-6-31(44)37-13-8-24-2-4-27(40)29(42)16-24)23-35(21-33,36(34,20-26)22-33)12-7-32(45)38-14-9-25-3-5-28(41)30(43)17-25;1-10-12-7-6-8-2-4-9(11)5-3-8/h2-5,15-17,26,40-43H,1,6-14,18-23H2,(H,37,44)(H,38,45);2-5,10-11H,6-7H2,1H3. The number of fused-ring (bicyclic) bond motifs is 2. The summed E-state index contributed by atoms with van der Waals surface area (Å²) in [6, 6.07) is 16.8. The molecule has 4 fully saturated rings. The van der Waals surface area contributed by atoms with Crippen LogP contribution in [0.4, 0.5) is 0 Å². The van der Waals surface area contributed by atoms with E-state index < -0.39 is 0 Å². The summed E-state index contributed by atoms with van der Waals surface area (Å²) in [5, 5.41) is 53.6. The Morgan fingerprint density at radius 1 is 0.684 bits per heavy atom. The molecule has 308 valence electrons. The molecule has 0 aliphatic heterocycles. The number of hydrogen-bond acceptors (Lipinski definition) is 10. The van der Waals surface area contributed by atoms with E-state index in [4.69, 9.17) is 5.11 Å². The van der Waals surface area contributed by atoms with E-state index in [-0.39, 0.29) is 56.5 Å². The van der Waals surface area contributed by atoms with Crippen molar-refractivity contribution in [2.75, 3.05) is 25.9 Å². The zero-order valence-electron chi connectivity index (χ0n) is 33.0. The molecule has 5 atom stereocenters. The fourth-order valence-electron chi connectivity index (χ4n) is 11.7. The second-order valence-electron chi connectivity index (χ2n) is 17.2. The van der Waals surface area contributed by atoms with Crippen LogP contribution in [0.15, 0.2) is 60.7 Å². The van der Waals surface area contributed by atoms with Crippen LogP contribution in [0.2, 0.25) is 0 Å². The Hall–Kier alpha value is -4.42. The van der Waals surface area contributed by atoms with Crippen molar-refractivity contribution in [1.82, 2.24) is 15.4 Å². The Balaban J connectivity index is 0.000000393. The van der Waals surface area contributed by atoms with Gasteiger partial charge in [0.15, 0.2) is 23.0 Å². The fourth-order valence-corrected chi connectivity index (χ4v) is 12.2. The first-order valence-corrected chi connectivity index (χ1v) is 21.4. The number of carbonyl (C=O) groups excluding carboxylic acids is 3. The van der Waals surface area contributed by atoms with Crippen LogP contribution in [0.25, 0.3) is 0 Å². The molecule has 7 rings (SSSR count). The number of phenolic OH excluding ortho intramolecular Hbond substituents is 5. The highest BCUT2D eigenvalue weighted by Gasteiger charge is 2.82. The third-order valence-electron chi connectivity index (χ3n) is 13.7. The van der Waals surface area contributed by atoms with E-state index in [9.17, 15) is 34.8 Å². The van der Waals surface area contributed by atoms with Crippen molar-refractivity contribution in [3.05, 3.63) is 77.4 Å². The van der Waals surface area contributed by atoms with Gasteiger partial charge in [0.25, 0.3) is 0 Å². The first kappa shape index (κ1) is 42.2. The predicted octanol–water partition coefficient (Wildman–Crippen LogP) is 6.83. The number of carbonyl (C=O) groups is 3. The third kappa shape index (κ3) is 9.33. The second-order valence-corrected chi connectivity index (χ2v) is 18.3. The molecule has 3 aromatic carbocycles. The lowest BCUT2D eigenvalue weighted by atomic mass is 9.37. The summed E-state index contributed by atoms with van der Waals surface area (Å²) in [6.45, 7) is 0.922. The van der Waals surface area contributed by atoms with E-state index in [1.807, 2.05) is 19.2 Å². The summed E-state index contributed by atoms with van der Waals surface area (Å²) in [7, 11) is 1.92. The number of aromatic hydroxyl groups is 5. The van der Waals surface area contributed by atoms with Gasteiger partial charge in [-0.1, -0.05) is 36.2 Å². The van der Waals surface area contributed by atoms with Crippen LogP contribution in [0.5, 0.6) is 28.7 Å². The third-order valence-corrected chi connectivity index (χ3v) is 14.4. The number of amides is 2. The van der Waals surface area contributed by atoms with Crippen molar-refractivity contribution in [1.29, 1.82) is 0 Å². The SMILES string of the molecule is CNSCCc1ccc(O)cc1.O=CCCC12CC3CC4(CCC(=O)NCCc5ccc(O)c(O)c5)CC(CCC(=O)NCCc5ccc(O)c(O)c5)(C1)C4(C3)C2. The zero-order chi connectivity index (χ0) is 40.7. The summed E-state index contributed by atoms with van der Waals surface area (Å²) >= 11 is 1.69. The smallest absolute Gasteiger partial charge is 0.220 e. The number of phenols is 5. The van der Waals surface area contributed by atoms with E-state index in [2.05, 4.69) is 15.4 Å². The van der Waals surface area contributed by atoms with Gasteiger partial charge in [0.1, 0.15) is 12.0 Å². The number of hydrogen-bond donors (Lipinski definition) is 8. The molecule has 4 aliphatic carbocycles. The summed E-state index contributed by atoms with van der Waals surface area (Å²) in [5.41, 5.74) is 3.45. The molecule has 0 saturated heterocycles. The van der Waals surface area contributed by atoms with Gasteiger partial charge in [-0.15, -0.1) is 0 Å². The number of aldehydes is 1. The molecule has 2 amide bonds. The maximum Gasteiger partial charge on any atom is 0.220 e. The highest BCUT2D eigenvalue weighted by molar-refractivity contribution is 7.97. The van der Waals surface area contributed by atoms with Gasteiger partial charge in [0.2, 0.25) is 11.8 Å². The number of rotatable bonds is 19. The van der Waals surface area contributed by atoms with Gasteiger partial charge in [-0.3, -0.25) is 14.3 Å². The molecular formula is C45H59N3O8S. The maximum atomic E-state index is 13.0. The van der Waals surface area contributed by atoms with Crippen LogP contribution >= 0.6 is 11.9 Å². The average Bonchev–Trinajstić information content (AvgIpc) is 3.48. The molecule has 0 radical (unpaired) electrons. The molecule has 4 saturated carbocycles. The molecule has 11 nitrogen and oxygen atoms in total. The Kier molecular flexibility index (Phi) is 13.3. The minimum atomic E-state index is -0.163. The summed E-state index contributed by atoms with van der Waals surface area (Å²) < 4.78 is 3.02. The van der Waals surface area contributed by atoms with E-state index in [1.54, 1.807) is 36.2 Å². The van der Waals surface area contributed by atoms with Crippen molar-refractivity contribution < 1.29 is 39.9 Å². The average molecular weight is 802 g/mol. The van der Waals surface area contributed by atoms with Gasteiger partial charge >= 0.3 is 0 Å². The maximum absolute atomic E-state index is 13.0. The monoisotopic (exact) mass is 801 g/mol. The van der Waals surface area contributed by atoms with Crippen molar-refractivity contribution >= 4 is 30.0 Å². The topological polar surface area (TPSA) is 188 Å². The fraction of sp³-hybridized carbons (Fsp3) is 0.533. The molecule has 12 heteroatoms. The number of aryl methyl sites for hydroxylation is 1.